The van der Waals surface area contributed by atoms with Crippen molar-refractivity contribution in [2.45, 2.75) is 25.3 Å². The van der Waals surface area contributed by atoms with E-state index in [1.54, 1.807) is 16.5 Å². The molecular formula is C16H17N3O2S. The first kappa shape index (κ1) is 14.7. The van der Waals surface area contributed by atoms with Gasteiger partial charge in [-0.1, -0.05) is 30.3 Å². The molecule has 1 aromatic carbocycles. The monoisotopic (exact) mass is 315 g/mol. The van der Waals surface area contributed by atoms with Crippen LogP contribution in [0.25, 0.3) is 0 Å². The van der Waals surface area contributed by atoms with Gasteiger partial charge in [-0.2, -0.15) is 0 Å². The van der Waals surface area contributed by atoms with Crippen LogP contribution in [0.15, 0.2) is 41.9 Å². The molecule has 1 aliphatic heterocycles. The highest BCUT2D eigenvalue weighted by molar-refractivity contribution is 7.13. The van der Waals surface area contributed by atoms with Crippen LogP contribution in [0.4, 0.5) is 5.13 Å². The normalized spacial score (nSPS) is 16.4. The van der Waals surface area contributed by atoms with Crippen LogP contribution in [0.5, 0.6) is 0 Å². The average Bonchev–Trinajstić information content (AvgIpc) is 3.03. The van der Waals surface area contributed by atoms with Gasteiger partial charge in [0.15, 0.2) is 5.13 Å². The van der Waals surface area contributed by atoms with Crippen molar-refractivity contribution in [2.75, 3.05) is 11.9 Å². The fraction of sp³-hybridized carbons (Fsp3) is 0.312. The number of aromatic nitrogens is 1. The van der Waals surface area contributed by atoms with Gasteiger partial charge in [0.25, 0.3) is 5.91 Å². The Bertz CT molecular complexity index is 643. The molecule has 22 heavy (non-hydrogen) atoms. The zero-order valence-corrected chi connectivity index (χ0v) is 12.9. The Morgan fingerprint density at radius 3 is 2.77 bits per heavy atom. The van der Waals surface area contributed by atoms with Crippen molar-refractivity contribution in [3.05, 3.63) is 47.5 Å². The number of hydrogen-bond acceptors (Lipinski definition) is 4. The topological polar surface area (TPSA) is 62.3 Å². The third kappa shape index (κ3) is 3.17. The van der Waals surface area contributed by atoms with Crippen molar-refractivity contribution >= 4 is 28.3 Å². The Labute approximate surface area is 133 Å². The maximum atomic E-state index is 12.7. The number of thiazole rings is 1. The van der Waals surface area contributed by atoms with Crippen LogP contribution in [0.3, 0.4) is 0 Å². The van der Waals surface area contributed by atoms with E-state index in [-0.39, 0.29) is 11.8 Å². The van der Waals surface area contributed by atoms with Crippen LogP contribution in [-0.4, -0.2) is 28.2 Å². The molecule has 0 radical (unpaired) electrons. The quantitative estimate of drug-likeness (QED) is 0.943. The van der Waals surface area contributed by atoms with Crippen molar-refractivity contribution < 1.29 is 9.59 Å². The van der Waals surface area contributed by atoms with Crippen molar-refractivity contribution in [2.24, 2.45) is 0 Å². The summed E-state index contributed by atoms with van der Waals surface area (Å²) in [5.74, 6) is -0.175. The van der Waals surface area contributed by atoms with Crippen molar-refractivity contribution in [3.63, 3.8) is 0 Å². The van der Waals surface area contributed by atoms with Gasteiger partial charge in [0.05, 0.1) is 0 Å². The Kier molecular flexibility index (Phi) is 4.48. The molecule has 2 aromatic rings. The van der Waals surface area contributed by atoms with Crippen LogP contribution < -0.4 is 5.32 Å². The molecular weight excluding hydrogens is 298 g/mol. The second-order valence-corrected chi connectivity index (χ2v) is 6.08. The van der Waals surface area contributed by atoms with Gasteiger partial charge in [-0.05, 0) is 18.4 Å². The summed E-state index contributed by atoms with van der Waals surface area (Å²) in [5, 5.41) is 5.17. The fourth-order valence-electron chi connectivity index (χ4n) is 2.67. The van der Waals surface area contributed by atoms with E-state index < -0.39 is 6.04 Å². The molecule has 2 heterocycles. The fourth-order valence-corrected chi connectivity index (χ4v) is 3.20. The molecule has 6 heteroatoms. The lowest BCUT2D eigenvalue weighted by atomic mass is 10.0. The zero-order chi connectivity index (χ0) is 15.4. The summed E-state index contributed by atoms with van der Waals surface area (Å²) in [6, 6.07) is 8.83. The van der Waals surface area contributed by atoms with Gasteiger partial charge in [0, 0.05) is 24.5 Å². The number of hydrogen-bond donors (Lipinski definition) is 1. The molecule has 1 fully saturated rings. The number of nitrogens with zero attached hydrogens (tertiary/aromatic N) is 2. The smallest absolute Gasteiger partial charge is 0.253 e. The van der Waals surface area contributed by atoms with E-state index in [4.69, 9.17) is 0 Å². The number of piperidine rings is 1. The van der Waals surface area contributed by atoms with E-state index in [0.29, 0.717) is 18.1 Å². The molecule has 1 aromatic heterocycles. The largest absolute Gasteiger partial charge is 0.327 e. The second-order valence-electron chi connectivity index (χ2n) is 5.18. The lowest BCUT2D eigenvalue weighted by Gasteiger charge is -2.33. The molecule has 1 aliphatic rings. The summed E-state index contributed by atoms with van der Waals surface area (Å²) < 4.78 is 0. The lowest BCUT2D eigenvalue weighted by molar-refractivity contribution is -0.141. The van der Waals surface area contributed by atoms with Gasteiger partial charge in [-0.3, -0.25) is 14.9 Å². The summed E-state index contributed by atoms with van der Waals surface area (Å²) in [5.41, 5.74) is 0.826. The molecule has 1 unspecified atom stereocenters. The molecule has 0 spiro atoms. The van der Waals surface area contributed by atoms with Crippen LogP contribution in [0.1, 0.15) is 30.9 Å². The Morgan fingerprint density at radius 1 is 1.27 bits per heavy atom. The first-order valence-electron chi connectivity index (χ1n) is 7.30. The molecule has 1 N–H and O–H groups in total. The summed E-state index contributed by atoms with van der Waals surface area (Å²) in [6.07, 6.45) is 3.97. The number of carbonyl (C=O) groups is 2. The number of rotatable bonds is 4. The predicted octanol–water partition coefficient (Wildman–Crippen LogP) is 2.84. The molecule has 1 saturated heterocycles. The molecule has 0 aliphatic carbocycles. The Morgan fingerprint density at radius 2 is 2.09 bits per heavy atom. The minimum absolute atomic E-state index is 0.0365. The highest BCUT2D eigenvalue weighted by Gasteiger charge is 2.32. The van der Waals surface area contributed by atoms with E-state index >= 15 is 0 Å². The second kappa shape index (κ2) is 6.70. The van der Waals surface area contributed by atoms with Gasteiger partial charge in [0.2, 0.25) is 5.91 Å². The number of likely N-dealkylation sites (tertiary alicyclic amines) is 1. The van der Waals surface area contributed by atoms with Crippen molar-refractivity contribution in [1.29, 1.82) is 0 Å². The number of anilines is 1. The van der Waals surface area contributed by atoms with Crippen molar-refractivity contribution in [3.8, 4) is 0 Å². The third-order valence-electron chi connectivity index (χ3n) is 3.70. The minimum atomic E-state index is -0.599. The SMILES string of the molecule is O=C(Nc1nccs1)C(c1ccccc1)N1CCCCC1=O. The summed E-state index contributed by atoms with van der Waals surface area (Å²) >= 11 is 1.36. The summed E-state index contributed by atoms with van der Waals surface area (Å²) in [7, 11) is 0. The first-order valence-corrected chi connectivity index (χ1v) is 8.18. The van der Waals surface area contributed by atoms with E-state index in [2.05, 4.69) is 10.3 Å². The average molecular weight is 315 g/mol. The third-order valence-corrected chi connectivity index (χ3v) is 4.39. The van der Waals surface area contributed by atoms with Crippen LogP contribution in [0, 0.1) is 0 Å². The highest BCUT2D eigenvalue weighted by Crippen LogP contribution is 2.27. The van der Waals surface area contributed by atoms with Gasteiger partial charge < -0.3 is 4.90 Å². The van der Waals surface area contributed by atoms with E-state index in [0.717, 1.165) is 18.4 Å². The number of carbonyl (C=O) groups excluding carboxylic acids is 2. The minimum Gasteiger partial charge on any atom is -0.327 e. The number of amides is 2. The Hall–Kier alpha value is -2.21. The highest BCUT2D eigenvalue weighted by atomic mass is 32.1. The van der Waals surface area contributed by atoms with Crippen LogP contribution in [0.2, 0.25) is 0 Å². The summed E-state index contributed by atoms with van der Waals surface area (Å²) in [6.45, 7) is 0.615. The van der Waals surface area contributed by atoms with Gasteiger partial charge in [0.1, 0.15) is 6.04 Å². The molecule has 1 atom stereocenters. The molecule has 5 nitrogen and oxygen atoms in total. The van der Waals surface area contributed by atoms with Gasteiger partial charge in [-0.15, -0.1) is 11.3 Å². The van der Waals surface area contributed by atoms with Gasteiger partial charge >= 0.3 is 0 Å². The lowest BCUT2D eigenvalue weighted by Crippen LogP contribution is -2.43. The van der Waals surface area contributed by atoms with Crippen LogP contribution >= 0.6 is 11.3 Å². The predicted molar refractivity (Wildman–Crippen MR) is 85.5 cm³/mol. The standard InChI is InChI=1S/C16H17N3O2S/c20-13-8-4-5-10-19(13)14(12-6-2-1-3-7-12)15(21)18-16-17-9-11-22-16/h1-3,6-7,9,11,14H,4-5,8,10H2,(H,17,18,21). The maximum Gasteiger partial charge on any atom is 0.253 e. The van der Waals surface area contributed by atoms with Crippen molar-refractivity contribution in [1.82, 2.24) is 9.88 Å². The Balaban J connectivity index is 1.88. The van der Waals surface area contributed by atoms with Crippen LogP contribution in [-0.2, 0) is 9.59 Å². The summed E-state index contributed by atoms with van der Waals surface area (Å²) in [4.78, 5) is 30.7. The molecule has 3 rings (SSSR count). The molecule has 0 saturated carbocycles. The first-order chi connectivity index (χ1) is 10.8. The maximum absolute atomic E-state index is 12.7. The van der Waals surface area contributed by atoms with E-state index in [1.165, 1.54) is 11.3 Å². The molecule has 0 bridgehead atoms. The molecule has 2 amide bonds. The number of benzene rings is 1. The van der Waals surface area contributed by atoms with E-state index in [9.17, 15) is 9.59 Å². The zero-order valence-electron chi connectivity index (χ0n) is 12.1. The molecule has 114 valence electrons. The van der Waals surface area contributed by atoms with Gasteiger partial charge in [-0.25, -0.2) is 4.98 Å². The number of nitrogens with one attached hydrogen (secondary N) is 1. The van der Waals surface area contributed by atoms with E-state index in [1.807, 2.05) is 30.3 Å².